The predicted molar refractivity (Wildman–Crippen MR) is 78.6 cm³/mol. The van der Waals surface area contributed by atoms with Crippen LogP contribution in [0.15, 0.2) is 17.0 Å². The van der Waals surface area contributed by atoms with E-state index in [9.17, 15) is 12.8 Å². The normalized spacial score (nSPS) is 12.4. The quantitative estimate of drug-likeness (QED) is 0.876. The van der Waals surface area contributed by atoms with Crippen molar-refractivity contribution in [3.05, 3.63) is 28.5 Å². The molecule has 1 aromatic carbocycles. The fourth-order valence-electron chi connectivity index (χ4n) is 1.96. The number of nitrogens with zero attached hydrogens (tertiary/aromatic N) is 1. The summed E-state index contributed by atoms with van der Waals surface area (Å²) in [6.45, 7) is 5.58. The van der Waals surface area contributed by atoms with Crippen LogP contribution in [-0.2, 0) is 16.6 Å². The molecule has 0 bridgehead atoms. The third-order valence-electron chi connectivity index (χ3n) is 2.91. The van der Waals surface area contributed by atoms with Gasteiger partial charge in [-0.3, -0.25) is 0 Å². The van der Waals surface area contributed by atoms with E-state index in [4.69, 9.17) is 17.3 Å². The Morgan fingerprint density at radius 2 is 2.00 bits per heavy atom. The van der Waals surface area contributed by atoms with E-state index in [0.717, 1.165) is 6.07 Å². The first kappa shape index (κ1) is 17.4. The average Bonchev–Trinajstić information content (AvgIpc) is 2.37. The molecule has 0 amide bonds. The van der Waals surface area contributed by atoms with Crippen LogP contribution in [0.5, 0.6) is 0 Å². The fraction of sp³-hybridized carbons (Fsp3) is 0.538. The van der Waals surface area contributed by atoms with E-state index in [2.05, 4.69) is 0 Å². The van der Waals surface area contributed by atoms with Crippen molar-refractivity contribution in [1.29, 1.82) is 0 Å². The summed E-state index contributed by atoms with van der Waals surface area (Å²) in [7, 11) is -3.93. The van der Waals surface area contributed by atoms with Gasteiger partial charge in [-0.15, -0.1) is 0 Å². The first-order valence-corrected chi connectivity index (χ1v) is 8.27. The Labute approximate surface area is 124 Å². The van der Waals surface area contributed by atoms with Gasteiger partial charge in [-0.05, 0) is 32.4 Å². The van der Waals surface area contributed by atoms with Crippen molar-refractivity contribution >= 4 is 21.6 Å². The molecule has 0 heterocycles. The van der Waals surface area contributed by atoms with Crippen molar-refractivity contribution in [1.82, 2.24) is 4.31 Å². The fourth-order valence-corrected chi connectivity index (χ4v) is 4.13. The predicted octanol–water partition coefficient (Wildman–Crippen LogP) is 2.75. The van der Waals surface area contributed by atoms with E-state index >= 15 is 0 Å². The Morgan fingerprint density at radius 1 is 1.40 bits per heavy atom. The van der Waals surface area contributed by atoms with E-state index in [-0.39, 0.29) is 23.2 Å². The summed E-state index contributed by atoms with van der Waals surface area (Å²) >= 11 is 5.86. The van der Waals surface area contributed by atoms with E-state index in [1.165, 1.54) is 10.4 Å². The van der Waals surface area contributed by atoms with Gasteiger partial charge in [0.15, 0.2) is 0 Å². The highest BCUT2D eigenvalue weighted by Crippen LogP contribution is 2.27. The zero-order valence-corrected chi connectivity index (χ0v) is 13.4. The standard InChI is InChI=1S/C13H20ClFN2O2S/c1-4-5-17(9(2)3)20(18,19)12-7-11(14)6-10(8-16)13(12)15/h6-7,9H,4-5,8,16H2,1-3H3. The van der Waals surface area contributed by atoms with Gasteiger partial charge in [0.1, 0.15) is 10.7 Å². The van der Waals surface area contributed by atoms with Crippen LogP contribution in [0.3, 0.4) is 0 Å². The lowest BCUT2D eigenvalue weighted by molar-refractivity contribution is 0.352. The molecule has 0 saturated heterocycles. The number of halogens is 2. The van der Waals surface area contributed by atoms with Gasteiger partial charge in [-0.2, -0.15) is 4.31 Å². The molecule has 0 fully saturated rings. The molecule has 1 aromatic rings. The first-order chi connectivity index (χ1) is 9.25. The van der Waals surface area contributed by atoms with Crippen molar-refractivity contribution in [2.45, 2.75) is 44.7 Å². The molecule has 1 rings (SSSR count). The number of sulfonamides is 1. The van der Waals surface area contributed by atoms with E-state index in [1.807, 2.05) is 6.92 Å². The zero-order chi connectivity index (χ0) is 15.5. The lowest BCUT2D eigenvalue weighted by Crippen LogP contribution is -2.38. The average molecular weight is 323 g/mol. The summed E-state index contributed by atoms with van der Waals surface area (Å²) in [4.78, 5) is -0.410. The highest BCUT2D eigenvalue weighted by molar-refractivity contribution is 7.89. The van der Waals surface area contributed by atoms with Gasteiger partial charge in [0, 0.05) is 29.7 Å². The molecule has 0 aliphatic carbocycles. The lowest BCUT2D eigenvalue weighted by Gasteiger charge is -2.26. The van der Waals surface area contributed by atoms with Crippen LogP contribution < -0.4 is 5.73 Å². The summed E-state index contributed by atoms with van der Waals surface area (Å²) < 4.78 is 40.7. The van der Waals surface area contributed by atoms with Gasteiger partial charge in [0.2, 0.25) is 10.0 Å². The molecule has 114 valence electrons. The summed E-state index contributed by atoms with van der Waals surface area (Å²) in [5, 5.41) is 0.158. The molecular formula is C13H20ClFN2O2S. The molecule has 20 heavy (non-hydrogen) atoms. The number of benzene rings is 1. The van der Waals surface area contributed by atoms with Gasteiger partial charge >= 0.3 is 0 Å². The molecule has 0 aliphatic rings. The van der Waals surface area contributed by atoms with E-state index in [1.54, 1.807) is 13.8 Å². The van der Waals surface area contributed by atoms with Gasteiger partial charge in [-0.25, -0.2) is 12.8 Å². The van der Waals surface area contributed by atoms with E-state index < -0.39 is 20.7 Å². The second-order valence-corrected chi connectivity index (χ2v) is 7.09. The lowest BCUT2D eigenvalue weighted by atomic mass is 10.2. The molecule has 0 saturated carbocycles. The number of rotatable bonds is 6. The van der Waals surface area contributed by atoms with Crippen LogP contribution in [0.4, 0.5) is 4.39 Å². The third kappa shape index (κ3) is 3.49. The molecule has 0 aliphatic heterocycles. The SMILES string of the molecule is CCCN(C(C)C)S(=O)(=O)c1cc(Cl)cc(CN)c1F. The van der Waals surface area contributed by atoms with Crippen molar-refractivity contribution in [2.75, 3.05) is 6.54 Å². The Morgan fingerprint density at radius 3 is 2.45 bits per heavy atom. The van der Waals surface area contributed by atoms with Crippen molar-refractivity contribution in [2.24, 2.45) is 5.73 Å². The van der Waals surface area contributed by atoms with Gasteiger partial charge in [-0.1, -0.05) is 18.5 Å². The topological polar surface area (TPSA) is 63.4 Å². The molecule has 0 atom stereocenters. The minimum Gasteiger partial charge on any atom is -0.326 e. The smallest absolute Gasteiger partial charge is 0.246 e. The van der Waals surface area contributed by atoms with Crippen molar-refractivity contribution < 1.29 is 12.8 Å². The number of nitrogens with two attached hydrogens (primary N) is 1. The maximum atomic E-state index is 14.3. The van der Waals surface area contributed by atoms with Crippen LogP contribution in [0.1, 0.15) is 32.8 Å². The minimum atomic E-state index is -3.93. The number of hydrogen-bond acceptors (Lipinski definition) is 3. The van der Waals surface area contributed by atoms with Crippen LogP contribution in [-0.4, -0.2) is 25.3 Å². The van der Waals surface area contributed by atoms with E-state index in [0.29, 0.717) is 13.0 Å². The third-order valence-corrected chi connectivity index (χ3v) is 5.20. The summed E-state index contributed by atoms with van der Waals surface area (Å²) in [5.74, 6) is -0.821. The second-order valence-electron chi connectivity index (χ2n) is 4.79. The van der Waals surface area contributed by atoms with Gasteiger partial charge in [0.25, 0.3) is 0 Å². The highest BCUT2D eigenvalue weighted by atomic mass is 35.5. The highest BCUT2D eigenvalue weighted by Gasteiger charge is 2.30. The Bertz CT molecular complexity index is 576. The van der Waals surface area contributed by atoms with Crippen LogP contribution in [0, 0.1) is 5.82 Å². The Kier molecular flexibility index (Phi) is 5.94. The van der Waals surface area contributed by atoms with Gasteiger partial charge < -0.3 is 5.73 Å². The van der Waals surface area contributed by atoms with Crippen molar-refractivity contribution in [3.8, 4) is 0 Å². The van der Waals surface area contributed by atoms with Crippen LogP contribution >= 0.6 is 11.6 Å². The maximum Gasteiger partial charge on any atom is 0.246 e. The summed E-state index contributed by atoms with van der Waals surface area (Å²) in [6, 6.07) is 2.21. The van der Waals surface area contributed by atoms with Crippen LogP contribution in [0.25, 0.3) is 0 Å². The minimum absolute atomic E-state index is 0.0938. The molecule has 7 heteroatoms. The molecule has 4 nitrogen and oxygen atoms in total. The first-order valence-electron chi connectivity index (χ1n) is 6.45. The monoisotopic (exact) mass is 322 g/mol. The van der Waals surface area contributed by atoms with Gasteiger partial charge in [0.05, 0.1) is 0 Å². The Hall–Kier alpha value is -0.690. The molecule has 0 spiro atoms. The molecule has 0 aromatic heterocycles. The summed E-state index contributed by atoms with van der Waals surface area (Å²) in [5.41, 5.74) is 5.51. The van der Waals surface area contributed by atoms with Crippen molar-refractivity contribution in [3.63, 3.8) is 0 Å². The molecular weight excluding hydrogens is 303 g/mol. The second kappa shape index (κ2) is 6.85. The largest absolute Gasteiger partial charge is 0.326 e. The van der Waals surface area contributed by atoms with Crippen LogP contribution in [0.2, 0.25) is 5.02 Å². The Balaban J connectivity index is 3.45. The molecule has 0 unspecified atom stereocenters. The molecule has 0 radical (unpaired) electrons. The number of hydrogen-bond donors (Lipinski definition) is 1. The maximum absolute atomic E-state index is 14.3. The molecule has 2 N–H and O–H groups in total. The summed E-state index contributed by atoms with van der Waals surface area (Å²) in [6.07, 6.45) is 0.642. The zero-order valence-electron chi connectivity index (χ0n) is 11.9.